The highest BCUT2D eigenvalue weighted by Gasteiger charge is 2.25. The van der Waals surface area contributed by atoms with Gasteiger partial charge in [0.2, 0.25) is 0 Å². The maximum absolute atomic E-state index is 5.55. The summed E-state index contributed by atoms with van der Waals surface area (Å²) in [7, 11) is 1.85. The van der Waals surface area contributed by atoms with Crippen molar-refractivity contribution in [3.8, 4) is 0 Å². The van der Waals surface area contributed by atoms with Crippen molar-refractivity contribution in [1.82, 2.24) is 20.4 Å². The number of nitrogens with one attached hydrogen (secondary N) is 2. The molecule has 1 aromatic heterocycles. The summed E-state index contributed by atoms with van der Waals surface area (Å²) >= 11 is 1.82. The van der Waals surface area contributed by atoms with Crippen molar-refractivity contribution in [2.45, 2.75) is 25.9 Å². The second kappa shape index (κ2) is 11.9. The Bertz CT molecular complexity index is 598. The van der Waals surface area contributed by atoms with E-state index in [-0.39, 0.29) is 0 Å². The molecule has 3 rings (SSSR count). The van der Waals surface area contributed by atoms with Crippen LogP contribution in [0.3, 0.4) is 0 Å². The van der Waals surface area contributed by atoms with E-state index >= 15 is 0 Å². The van der Waals surface area contributed by atoms with Gasteiger partial charge in [-0.25, -0.2) is 0 Å². The van der Waals surface area contributed by atoms with Crippen LogP contribution in [-0.2, 0) is 9.47 Å². The number of rotatable bonds is 8. The fraction of sp³-hybridized carbons (Fsp3) is 0.762. The van der Waals surface area contributed by atoms with E-state index in [1.807, 2.05) is 18.4 Å². The van der Waals surface area contributed by atoms with Gasteiger partial charge in [0.1, 0.15) is 0 Å². The molecule has 7 nitrogen and oxygen atoms in total. The molecule has 29 heavy (non-hydrogen) atoms. The molecule has 2 saturated heterocycles. The van der Waals surface area contributed by atoms with Gasteiger partial charge in [-0.1, -0.05) is 19.9 Å². The number of hydrogen-bond donors (Lipinski definition) is 2. The highest BCUT2D eigenvalue weighted by atomic mass is 32.1. The Morgan fingerprint density at radius 2 is 1.66 bits per heavy atom. The number of aliphatic imine (C=N–C) groups is 1. The van der Waals surface area contributed by atoms with Crippen LogP contribution >= 0.6 is 11.3 Å². The van der Waals surface area contributed by atoms with Gasteiger partial charge >= 0.3 is 0 Å². The van der Waals surface area contributed by atoms with Gasteiger partial charge in [-0.2, -0.15) is 0 Å². The number of thiophene rings is 1. The van der Waals surface area contributed by atoms with Gasteiger partial charge in [0.25, 0.3) is 0 Å². The molecule has 2 aliphatic rings. The minimum Gasteiger partial charge on any atom is -0.379 e. The largest absolute Gasteiger partial charge is 0.379 e. The molecule has 0 spiro atoms. The third kappa shape index (κ3) is 6.65. The summed E-state index contributed by atoms with van der Waals surface area (Å²) in [4.78, 5) is 10.9. The molecule has 0 saturated carbocycles. The van der Waals surface area contributed by atoms with Crippen LogP contribution in [0.5, 0.6) is 0 Å². The van der Waals surface area contributed by atoms with Crippen LogP contribution in [0.15, 0.2) is 22.5 Å². The average Bonchev–Trinajstić information content (AvgIpc) is 3.28. The van der Waals surface area contributed by atoms with E-state index in [0.717, 1.165) is 71.7 Å². The molecule has 0 radical (unpaired) electrons. The lowest BCUT2D eigenvalue weighted by Gasteiger charge is -2.37. The first-order chi connectivity index (χ1) is 14.2. The van der Waals surface area contributed by atoms with Gasteiger partial charge in [-0.3, -0.25) is 14.8 Å². The third-order valence-electron chi connectivity index (χ3n) is 5.81. The Labute approximate surface area is 179 Å². The Balaban J connectivity index is 1.55. The maximum atomic E-state index is 5.55. The van der Waals surface area contributed by atoms with E-state index < -0.39 is 0 Å². The van der Waals surface area contributed by atoms with Crippen molar-refractivity contribution in [2.24, 2.45) is 10.9 Å². The van der Waals surface area contributed by atoms with Crippen molar-refractivity contribution in [1.29, 1.82) is 0 Å². The molecule has 2 fully saturated rings. The lowest BCUT2D eigenvalue weighted by atomic mass is 10.0. The van der Waals surface area contributed by atoms with Crippen LogP contribution in [0.25, 0.3) is 0 Å². The summed E-state index contributed by atoms with van der Waals surface area (Å²) in [6.45, 7) is 13.6. The summed E-state index contributed by atoms with van der Waals surface area (Å²) in [5.41, 5.74) is 0. The van der Waals surface area contributed by atoms with Crippen LogP contribution in [0.4, 0.5) is 0 Å². The lowest BCUT2D eigenvalue weighted by molar-refractivity contribution is 0.00747. The minimum absolute atomic E-state index is 0.345. The lowest BCUT2D eigenvalue weighted by Crippen LogP contribution is -2.53. The van der Waals surface area contributed by atoms with Crippen molar-refractivity contribution in [2.75, 3.05) is 72.7 Å². The maximum Gasteiger partial charge on any atom is 0.191 e. The highest BCUT2D eigenvalue weighted by molar-refractivity contribution is 7.10. The number of nitrogens with zero attached hydrogens (tertiary/aromatic N) is 3. The molecule has 1 aromatic rings. The van der Waals surface area contributed by atoms with E-state index in [1.54, 1.807) is 0 Å². The van der Waals surface area contributed by atoms with Gasteiger partial charge in [-0.05, 0) is 17.4 Å². The molecule has 0 amide bonds. The van der Waals surface area contributed by atoms with E-state index in [4.69, 9.17) is 9.47 Å². The fourth-order valence-corrected chi connectivity index (χ4v) is 4.95. The predicted molar refractivity (Wildman–Crippen MR) is 120 cm³/mol. The zero-order chi connectivity index (χ0) is 20.5. The standard InChI is InChI=1S/C21H37N5O2S/c1-17(2)18(25-6-10-27-11-7-25)15-23-21(22-3)24-16-19(20-5-4-14-29-20)26-8-12-28-13-9-26/h4-5,14,17-19H,6-13,15-16H2,1-3H3,(H2,22,23,24). The van der Waals surface area contributed by atoms with Gasteiger partial charge in [-0.15, -0.1) is 11.3 Å². The summed E-state index contributed by atoms with van der Waals surface area (Å²) in [5.74, 6) is 1.45. The van der Waals surface area contributed by atoms with Crippen molar-refractivity contribution >= 4 is 17.3 Å². The van der Waals surface area contributed by atoms with E-state index in [9.17, 15) is 0 Å². The monoisotopic (exact) mass is 423 g/mol. The molecule has 0 aromatic carbocycles. The van der Waals surface area contributed by atoms with Crippen LogP contribution in [0, 0.1) is 5.92 Å². The van der Waals surface area contributed by atoms with Gasteiger partial charge < -0.3 is 20.1 Å². The number of guanidine groups is 1. The Hall–Kier alpha value is -1.19. The van der Waals surface area contributed by atoms with Gasteiger partial charge in [0, 0.05) is 57.2 Å². The van der Waals surface area contributed by atoms with Crippen LogP contribution in [0.1, 0.15) is 24.8 Å². The minimum atomic E-state index is 0.345. The smallest absolute Gasteiger partial charge is 0.191 e. The molecule has 0 bridgehead atoms. The molecule has 2 atom stereocenters. The first kappa shape index (κ1) is 22.5. The quantitative estimate of drug-likeness (QED) is 0.490. The third-order valence-corrected chi connectivity index (χ3v) is 6.78. The molecular weight excluding hydrogens is 386 g/mol. The first-order valence-corrected chi connectivity index (χ1v) is 11.7. The van der Waals surface area contributed by atoms with Gasteiger partial charge in [0.15, 0.2) is 5.96 Å². The van der Waals surface area contributed by atoms with E-state index in [1.165, 1.54) is 4.88 Å². The van der Waals surface area contributed by atoms with Crippen molar-refractivity contribution < 1.29 is 9.47 Å². The second-order valence-corrected chi connectivity index (χ2v) is 8.95. The zero-order valence-corrected chi connectivity index (χ0v) is 18.9. The molecule has 2 aliphatic heterocycles. The molecule has 2 N–H and O–H groups in total. The van der Waals surface area contributed by atoms with E-state index in [2.05, 4.69) is 56.8 Å². The topological polar surface area (TPSA) is 61.4 Å². The van der Waals surface area contributed by atoms with Crippen LogP contribution in [0.2, 0.25) is 0 Å². The number of ether oxygens (including phenoxy) is 2. The molecule has 2 unspecified atom stereocenters. The van der Waals surface area contributed by atoms with Gasteiger partial charge in [0.05, 0.1) is 32.5 Å². The van der Waals surface area contributed by atoms with Crippen molar-refractivity contribution in [3.63, 3.8) is 0 Å². The average molecular weight is 424 g/mol. The highest BCUT2D eigenvalue weighted by Crippen LogP contribution is 2.25. The molecule has 3 heterocycles. The normalized spacial score (nSPS) is 21.9. The van der Waals surface area contributed by atoms with Crippen molar-refractivity contribution in [3.05, 3.63) is 22.4 Å². The SMILES string of the molecule is CN=C(NCC(c1cccs1)N1CCOCC1)NCC(C(C)C)N1CCOCC1. The summed E-state index contributed by atoms with van der Waals surface area (Å²) < 4.78 is 11.1. The Morgan fingerprint density at radius 1 is 1.03 bits per heavy atom. The van der Waals surface area contributed by atoms with Crippen LogP contribution in [-0.4, -0.2) is 94.5 Å². The first-order valence-electron chi connectivity index (χ1n) is 10.8. The molecule has 164 valence electrons. The molecule has 0 aliphatic carbocycles. The molecular formula is C21H37N5O2S. The van der Waals surface area contributed by atoms with Crippen LogP contribution < -0.4 is 10.6 Å². The van der Waals surface area contributed by atoms with E-state index in [0.29, 0.717) is 18.0 Å². The zero-order valence-electron chi connectivity index (χ0n) is 18.1. The summed E-state index contributed by atoms with van der Waals surface area (Å²) in [5, 5.41) is 9.30. The Kier molecular flexibility index (Phi) is 9.20. The summed E-state index contributed by atoms with van der Waals surface area (Å²) in [6, 6.07) is 5.19. The predicted octanol–water partition coefficient (Wildman–Crippen LogP) is 1.64. The summed E-state index contributed by atoms with van der Waals surface area (Å²) in [6.07, 6.45) is 0. The number of morpholine rings is 2. The second-order valence-electron chi connectivity index (χ2n) is 7.97. The fourth-order valence-electron chi connectivity index (χ4n) is 4.09. The molecule has 8 heteroatoms. The Morgan fingerprint density at radius 3 is 2.21 bits per heavy atom. The number of hydrogen-bond acceptors (Lipinski definition) is 6.